The number of aromatic nitrogens is 3. The molecule has 3 rings (SSSR count). The van der Waals surface area contributed by atoms with Gasteiger partial charge in [0.25, 0.3) is 0 Å². The predicted octanol–water partition coefficient (Wildman–Crippen LogP) is 2.25. The molecule has 1 N–H and O–H groups in total. The Bertz CT molecular complexity index is 767. The van der Waals surface area contributed by atoms with Crippen molar-refractivity contribution in [2.45, 2.75) is 12.5 Å². The van der Waals surface area contributed by atoms with Gasteiger partial charge in [-0.15, -0.1) is 0 Å². The Balaban J connectivity index is 1.93. The van der Waals surface area contributed by atoms with Crippen LogP contribution in [0.4, 0.5) is 0 Å². The summed E-state index contributed by atoms with van der Waals surface area (Å²) < 4.78 is 7.20. The fraction of sp³-hybridized carbons (Fsp3) is 0.250. The van der Waals surface area contributed by atoms with Crippen LogP contribution in [-0.2, 0) is 13.5 Å². The van der Waals surface area contributed by atoms with Gasteiger partial charge >= 0.3 is 0 Å². The number of pyridine rings is 1. The smallest absolute Gasteiger partial charge is 0.218 e. The number of methoxy groups -OCH3 is 1. The number of rotatable bonds is 4. The molecule has 5 nitrogen and oxygen atoms in total. The van der Waals surface area contributed by atoms with Gasteiger partial charge in [0.2, 0.25) is 5.88 Å². The van der Waals surface area contributed by atoms with Crippen LogP contribution in [0.2, 0.25) is 0 Å². The minimum Gasteiger partial charge on any atom is -0.481 e. The number of fused-ring (bicyclic) bond motifs is 1. The molecule has 0 spiro atoms. The molecule has 108 valence electrons. The van der Waals surface area contributed by atoms with Crippen LogP contribution in [0, 0.1) is 0 Å². The summed E-state index contributed by atoms with van der Waals surface area (Å²) in [4.78, 5) is 8.69. The van der Waals surface area contributed by atoms with E-state index in [1.165, 1.54) is 0 Å². The van der Waals surface area contributed by atoms with Crippen LogP contribution in [-0.4, -0.2) is 26.8 Å². The van der Waals surface area contributed by atoms with E-state index in [4.69, 9.17) is 4.74 Å². The van der Waals surface area contributed by atoms with E-state index >= 15 is 0 Å². The number of hydrogen-bond acceptors (Lipinski definition) is 4. The number of hydrogen-bond donors (Lipinski definition) is 1. The van der Waals surface area contributed by atoms with Crippen LogP contribution in [0.3, 0.4) is 0 Å². The molecule has 0 radical (unpaired) electrons. The van der Waals surface area contributed by atoms with E-state index in [1.54, 1.807) is 19.4 Å². The van der Waals surface area contributed by atoms with Crippen molar-refractivity contribution >= 4 is 11.0 Å². The Labute approximate surface area is 122 Å². The highest BCUT2D eigenvalue weighted by atomic mass is 16.5. The third-order valence-corrected chi connectivity index (χ3v) is 3.61. The van der Waals surface area contributed by atoms with E-state index in [1.807, 2.05) is 41.9 Å². The highest BCUT2D eigenvalue weighted by molar-refractivity contribution is 5.75. The molecule has 0 saturated carbocycles. The fourth-order valence-corrected chi connectivity index (χ4v) is 2.49. The van der Waals surface area contributed by atoms with E-state index in [0.29, 0.717) is 17.9 Å². The molecule has 0 fully saturated rings. The molecular formula is C16H17N3O2. The summed E-state index contributed by atoms with van der Waals surface area (Å²) in [6, 6.07) is 11.5. The average Bonchev–Trinajstić information content (AvgIpc) is 2.84. The van der Waals surface area contributed by atoms with Crippen molar-refractivity contribution in [3.05, 3.63) is 54.0 Å². The van der Waals surface area contributed by atoms with Gasteiger partial charge < -0.3 is 14.4 Å². The third-order valence-electron chi connectivity index (χ3n) is 3.61. The van der Waals surface area contributed by atoms with Gasteiger partial charge in [-0.25, -0.2) is 9.97 Å². The first-order valence-corrected chi connectivity index (χ1v) is 6.78. The molecule has 2 heterocycles. The number of aliphatic hydroxyl groups is 1. The summed E-state index contributed by atoms with van der Waals surface area (Å²) in [7, 11) is 3.51. The molecule has 0 bridgehead atoms. The standard InChI is InChI=1S/C16H17N3O2/c1-19-13-8-4-3-7-12(13)18-15(19)10-14(20)11-6-5-9-17-16(11)21-2/h3-9,14,20H,10H2,1-2H3. The maximum atomic E-state index is 10.5. The Morgan fingerprint density at radius 2 is 2.05 bits per heavy atom. The Kier molecular flexibility index (Phi) is 3.58. The van der Waals surface area contributed by atoms with Crippen LogP contribution in [0.5, 0.6) is 5.88 Å². The second-order valence-electron chi connectivity index (χ2n) is 4.90. The maximum absolute atomic E-state index is 10.5. The summed E-state index contributed by atoms with van der Waals surface area (Å²) in [5, 5.41) is 10.5. The first kappa shape index (κ1) is 13.6. The first-order chi connectivity index (χ1) is 10.2. The summed E-state index contributed by atoms with van der Waals surface area (Å²) in [6.07, 6.45) is 1.35. The van der Waals surface area contributed by atoms with Gasteiger partial charge in [0.15, 0.2) is 0 Å². The van der Waals surface area contributed by atoms with Crippen molar-refractivity contribution in [3.8, 4) is 5.88 Å². The van der Waals surface area contributed by atoms with Crippen molar-refractivity contribution in [1.29, 1.82) is 0 Å². The molecule has 5 heteroatoms. The SMILES string of the molecule is COc1ncccc1C(O)Cc1nc2ccccc2n1C. The topological polar surface area (TPSA) is 60.2 Å². The van der Waals surface area contributed by atoms with E-state index in [2.05, 4.69) is 9.97 Å². The largest absolute Gasteiger partial charge is 0.481 e. The summed E-state index contributed by atoms with van der Waals surface area (Å²) in [5.74, 6) is 1.28. The minimum absolute atomic E-state index is 0.410. The zero-order chi connectivity index (χ0) is 14.8. The number of nitrogens with zero attached hydrogens (tertiary/aromatic N) is 3. The lowest BCUT2D eigenvalue weighted by atomic mass is 10.1. The highest BCUT2D eigenvalue weighted by Crippen LogP contribution is 2.26. The quantitative estimate of drug-likeness (QED) is 0.798. The van der Waals surface area contributed by atoms with E-state index in [9.17, 15) is 5.11 Å². The third kappa shape index (κ3) is 2.48. The zero-order valence-corrected chi connectivity index (χ0v) is 12.0. The van der Waals surface area contributed by atoms with Gasteiger partial charge in [0, 0.05) is 25.2 Å². The average molecular weight is 283 g/mol. The number of ether oxygens (including phenoxy) is 1. The molecule has 1 atom stereocenters. The highest BCUT2D eigenvalue weighted by Gasteiger charge is 2.17. The van der Waals surface area contributed by atoms with Gasteiger partial charge in [0.05, 0.1) is 24.2 Å². The molecule has 1 unspecified atom stereocenters. The molecule has 0 aliphatic heterocycles. The number of para-hydroxylation sites is 2. The number of benzene rings is 1. The first-order valence-electron chi connectivity index (χ1n) is 6.78. The van der Waals surface area contributed by atoms with Crippen molar-refractivity contribution in [2.24, 2.45) is 7.05 Å². The Hall–Kier alpha value is -2.40. The molecule has 1 aromatic carbocycles. The number of aliphatic hydroxyl groups excluding tert-OH is 1. The normalized spacial score (nSPS) is 12.5. The second kappa shape index (κ2) is 5.54. The van der Waals surface area contributed by atoms with E-state index in [-0.39, 0.29) is 0 Å². The molecule has 0 saturated heterocycles. The fourth-order valence-electron chi connectivity index (χ4n) is 2.49. The van der Waals surface area contributed by atoms with E-state index in [0.717, 1.165) is 16.9 Å². The summed E-state index contributed by atoms with van der Waals surface area (Å²) in [6.45, 7) is 0. The van der Waals surface area contributed by atoms with Crippen LogP contribution in [0.1, 0.15) is 17.5 Å². The molecule has 3 aromatic rings. The van der Waals surface area contributed by atoms with Crippen LogP contribution < -0.4 is 4.74 Å². The lowest BCUT2D eigenvalue weighted by molar-refractivity contribution is 0.169. The van der Waals surface area contributed by atoms with E-state index < -0.39 is 6.10 Å². The molecular weight excluding hydrogens is 266 g/mol. The van der Waals surface area contributed by atoms with Crippen LogP contribution >= 0.6 is 0 Å². The monoisotopic (exact) mass is 283 g/mol. The van der Waals surface area contributed by atoms with Gasteiger partial charge in [-0.2, -0.15) is 0 Å². The Morgan fingerprint density at radius 3 is 2.81 bits per heavy atom. The molecule has 0 aliphatic carbocycles. The molecule has 2 aromatic heterocycles. The van der Waals surface area contributed by atoms with Gasteiger partial charge in [-0.3, -0.25) is 0 Å². The van der Waals surface area contributed by atoms with Crippen molar-refractivity contribution < 1.29 is 9.84 Å². The number of aryl methyl sites for hydroxylation is 1. The zero-order valence-electron chi connectivity index (χ0n) is 12.0. The molecule has 21 heavy (non-hydrogen) atoms. The number of imidazole rings is 1. The minimum atomic E-state index is -0.704. The van der Waals surface area contributed by atoms with Crippen molar-refractivity contribution in [2.75, 3.05) is 7.11 Å². The predicted molar refractivity (Wildman–Crippen MR) is 80.2 cm³/mol. The molecule has 0 amide bonds. The van der Waals surface area contributed by atoms with Gasteiger partial charge in [0.1, 0.15) is 5.82 Å². The van der Waals surface area contributed by atoms with Crippen LogP contribution in [0.25, 0.3) is 11.0 Å². The lowest BCUT2D eigenvalue weighted by Crippen LogP contribution is -2.08. The van der Waals surface area contributed by atoms with Crippen molar-refractivity contribution in [1.82, 2.24) is 14.5 Å². The van der Waals surface area contributed by atoms with Crippen molar-refractivity contribution in [3.63, 3.8) is 0 Å². The Morgan fingerprint density at radius 1 is 1.24 bits per heavy atom. The summed E-state index contributed by atoms with van der Waals surface area (Å²) >= 11 is 0. The van der Waals surface area contributed by atoms with Gasteiger partial charge in [-0.1, -0.05) is 12.1 Å². The van der Waals surface area contributed by atoms with Crippen LogP contribution in [0.15, 0.2) is 42.6 Å². The second-order valence-corrected chi connectivity index (χ2v) is 4.90. The summed E-state index contributed by atoms with van der Waals surface area (Å²) in [5.41, 5.74) is 2.66. The maximum Gasteiger partial charge on any atom is 0.218 e. The molecule has 0 aliphatic rings. The lowest BCUT2D eigenvalue weighted by Gasteiger charge is -2.13. The van der Waals surface area contributed by atoms with Gasteiger partial charge in [-0.05, 0) is 24.3 Å².